The van der Waals surface area contributed by atoms with Crippen LogP contribution in [0.5, 0.6) is 5.75 Å². The Balaban J connectivity index is 1.11. The van der Waals surface area contributed by atoms with Crippen LogP contribution < -0.4 is 4.74 Å². The first-order chi connectivity index (χ1) is 18.5. The summed E-state index contributed by atoms with van der Waals surface area (Å²) in [6, 6.07) is 14.5. The third-order valence-corrected chi connectivity index (χ3v) is 9.24. The number of amides is 2. The van der Waals surface area contributed by atoms with Crippen molar-refractivity contribution in [1.82, 2.24) is 9.80 Å². The number of nitrogens with zero attached hydrogens (tertiary/aromatic N) is 2. The van der Waals surface area contributed by atoms with Crippen molar-refractivity contribution >= 4 is 11.8 Å². The summed E-state index contributed by atoms with van der Waals surface area (Å²) in [5.74, 6) is 2.04. The van der Waals surface area contributed by atoms with Crippen LogP contribution in [0, 0.1) is 5.92 Å². The zero-order chi connectivity index (χ0) is 26.1. The average molecular weight is 517 g/mol. The molecule has 6 rings (SSSR count). The Hall–Kier alpha value is -2.86. The lowest BCUT2D eigenvalue weighted by molar-refractivity contribution is -0.143. The maximum atomic E-state index is 13.1. The zero-order valence-electron chi connectivity index (χ0n) is 22.4. The molecule has 2 aromatic rings. The fraction of sp³-hybridized carbons (Fsp3) is 0.562. The normalized spacial score (nSPS) is 23.6. The number of ether oxygens (including phenoxy) is 1. The van der Waals surface area contributed by atoms with Crippen molar-refractivity contribution in [2.24, 2.45) is 5.92 Å². The Morgan fingerprint density at radius 2 is 1.39 bits per heavy atom. The SMILES string of the molecule is O=C(c1ccc(-c2ccc3c(c2)C(C2CCCCCCCC2)CO3)cc1)N1CCN(C(=O)C2(O)CC2)CC1. The van der Waals surface area contributed by atoms with E-state index in [1.807, 2.05) is 29.2 Å². The van der Waals surface area contributed by atoms with E-state index in [0.29, 0.717) is 56.4 Å². The highest BCUT2D eigenvalue weighted by atomic mass is 16.5. The molecule has 2 amide bonds. The first-order valence-electron chi connectivity index (χ1n) is 14.7. The van der Waals surface area contributed by atoms with E-state index in [9.17, 15) is 14.7 Å². The van der Waals surface area contributed by atoms with E-state index in [2.05, 4.69) is 18.2 Å². The summed E-state index contributed by atoms with van der Waals surface area (Å²) >= 11 is 0. The van der Waals surface area contributed by atoms with E-state index >= 15 is 0 Å². The molecule has 38 heavy (non-hydrogen) atoms. The largest absolute Gasteiger partial charge is 0.493 e. The van der Waals surface area contributed by atoms with Crippen molar-refractivity contribution in [2.75, 3.05) is 32.8 Å². The van der Waals surface area contributed by atoms with Gasteiger partial charge in [0.05, 0.1) is 6.61 Å². The van der Waals surface area contributed by atoms with Gasteiger partial charge in [-0.15, -0.1) is 0 Å². The Bertz CT molecular complexity index is 1150. The highest BCUT2D eigenvalue weighted by Crippen LogP contribution is 2.44. The lowest BCUT2D eigenvalue weighted by Gasteiger charge is -2.35. The molecule has 4 aliphatic rings. The molecule has 0 spiro atoms. The third kappa shape index (κ3) is 5.20. The van der Waals surface area contributed by atoms with Crippen LogP contribution in [0.2, 0.25) is 0 Å². The van der Waals surface area contributed by atoms with Crippen molar-refractivity contribution in [3.8, 4) is 16.9 Å². The molecular weight excluding hydrogens is 476 g/mol. The third-order valence-electron chi connectivity index (χ3n) is 9.24. The van der Waals surface area contributed by atoms with Gasteiger partial charge in [0.25, 0.3) is 11.8 Å². The molecule has 202 valence electrons. The average Bonchev–Trinajstić information content (AvgIpc) is 3.53. The number of carbonyl (C=O) groups is 2. The van der Waals surface area contributed by atoms with Gasteiger partial charge in [0.15, 0.2) is 0 Å². The molecule has 0 aromatic heterocycles. The van der Waals surface area contributed by atoms with E-state index < -0.39 is 5.60 Å². The molecule has 2 saturated carbocycles. The van der Waals surface area contributed by atoms with Gasteiger partial charge in [-0.3, -0.25) is 9.59 Å². The second-order valence-electron chi connectivity index (χ2n) is 11.8. The van der Waals surface area contributed by atoms with Crippen molar-refractivity contribution in [3.63, 3.8) is 0 Å². The number of piperazine rings is 1. The Morgan fingerprint density at radius 1 is 0.789 bits per heavy atom. The maximum absolute atomic E-state index is 13.1. The van der Waals surface area contributed by atoms with E-state index in [1.54, 1.807) is 4.90 Å². The number of aliphatic hydroxyl groups is 1. The number of fused-ring (bicyclic) bond motifs is 1. The highest BCUT2D eigenvalue weighted by Gasteiger charge is 2.50. The van der Waals surface area contributed by atoms with Gasteiger partial charge in [-0.1, -0.05) is 56.7 Å². The van der Waals surface area contributed by atoms with Crippen molar-refractivity contribution in [3.05, 3.63) is 53.6 Å². The van der Waals surface area contributed by atoms with Gasteiger partial charge in [0.2, 0.25) is 0 Å². The first kappa shape index (κ1) is 25.4. The summed E-state index contributed by atoms with van der Waals surface area (Å²) in [7, 11) is 0. The van der Waals surface area contributed by atoms with Crippen molar-refractivity contribution in [2.45, 2.75) is 75.7 Å². The van der Waals surface area contributed by atoms with Gasteiger partial charge in [0, 0.05) is 43.2 Å². The van der Waals surface area contributed by atoms with Crippen molar-refractivity contribution < 1.29 is 19.4 Å². The number of hydrogen-bond acceptors (Lipinski definition) is 4. The summed E-state index contributed by atoms with van der Waals surface area (Å²) < 4.78 is 6.13. The topological polar surface area (TPSA) is 70.1 Å². The second-order valence-corrected chi connectivity index (χ2v) is 11.8. The molecule has 2 heterocycles. The van der Waals surface area contributed by atoms with Crippen molar-refractivity contribution in [1.29, 1.82) is 0 Å². The maximum Gasteiger partial charge on any atom is 0.254 e. The summed E-state index contributed by atoms with van der Waals surface area (Å²) in [5, 5.41) is 10.1. The molecular formula is C32H40N2O4. The van der Waals surface area contributed by atoms with Crippen LogP contribution in [0.1, 0.15) is 86.0 Å². The minimum Gasteiger partial charge on any atom is -0.493 e. The molecule has 6 heteroatoms. The first-order valence-corrected chi connectivity index (χ1v) is 14.7. The Labute approximate surface area is 226 Å². The molecule has 1 atom stereocenters. The summed E-state index contributed by atoms with van der Waals surface area (Å²) in [4.78, 5) is 29.0. The summed E-state index contributed by atoms with van der Waals surface area (Å²) in [6.07, 6.45) is 11.9. The van der Waals surface area contributed by atoms with E-state index in [-0.39, 0.29) is 11.8 Å². The van der Waals surface area contributed by atoms with Crippen LogP contribution in [0.15, 0.2) is 42.5 Å². The predicted octanol–water partition coefficient (Wildman–Crippen LogP) is 5.39. The molecule has 0 bridgehead atoms. The number of benzene rings is 2. The molecule has 0 radical (unpaired) electrons. The minimum atomic E-state index is -1.14. The van der Waals surface area contributed by atoms with Crippen LogP contribution in [-0.4, -0.2) is 65.1 Å². The quantitative estimate of drug-likeness (QED) is 0.592. The van der Waals surface area contributed by atoms with Crippen LogP contribution in [0.25, 0.3) is 11.1 Å². The number of carbonyl (C=O) groups excluding carboxylic acids is 2. The molecule has 1 unspecified atom stereocenters. The fourth-order valence-electron chi connectivity index (χ4n) is 6.60. The van der Waals surface area contributed by atoms with Gasteiger partial charge < -0.3 is 19.6 Å². The van der Waals surface area contributed by atoms with Gasteiger partial charge in [0.1, 0.15) is 11.4 Å². The van der Waals surface area contributed by atoms with Crippen LogP contribution >= 0.6 is 0 Å². The monoisotopic (exact) mass is 516 g/mol. The van der Waals surface area contributed by atoms with E-state index in [4.69, 9.17) is 4.74 Å². The minimum absolute atomic E-state index is 0.00333. The van der Waals surface area contributed by atoms with Gasteiger partial charge in [-0.05, 0) is 67.0 Å². The predicted molar refractivity (Wildman–Crippen MR) is 147 cm³/mol. The van der Waals surface area contributed by atoms with Gasteiger partial charge >= 0.3 is 0 Å². The standard InChI is InChI=1S/C32H40N2O4/c35-30(33-17-19-34(20-18-33)31(36)32(37)15-16-32)25-11-9-23(10-12-25)26-13-14-29-27(21-26)28(22-38-29)24-7-5-3-1-2-4-6-8-24/h9-14,21,24,28,37H,1-8,15-20,22H2. The van der Waals surface area contributed by atoms with Crippen LogP contribution in [-0.2, 0) is 4.79 Å². The smallest absolute Gasteiger partial charge is 0.254 e. The molecule has 1 N–H and O–H groups in total. The Morgan fingerprint density at radius 3 is 2.05 bits per heavy atom. The second kappa shape index (κ2) is 10.7. The molecule has 2 aliphatic heterocycles. The van der Waals surface area contributed by atoms with Crippen LogP contribution in [0.3, 0.4) is 0 Å². The molecule has 1 saturated heterocycles. The molecule has 2 aromatic carbocycles. The molecule has 3 fully saturated rings. The van der Waals surface area contributed by atoms with E-state index in [1.165, 1.54) is 62.5 Å². The number of rotatable bonds is 4. The summed E-state index contributed by atoms with van der Waals surface area (Å²) in [6.45, 7) is 2.75. The van der Waals surface area contributed by atoms with Gasteiger partial charge in [-0.25, -0.2) is 0 Å². The zero-order valence-corrected chi connectivity index (χ0v) is 22.4. The highest BCUT2D eigenvalue weighted by molar-refractivity contribution is 5.95. The lowest BCUT2D eigenvalue weighted by Crippen LogP contribution is -2.53. The number of hydrogen-bond donors (Lipinski definition) is 1. The molecule has 2 aliphatic carbocycles. The fourth-order valence-corrected chi connectivity index (χ4v) is 6.60. The summed E-state index contributed by atoms with van der Waals surface area (Å²) in [5.41, 5.74) is 3.17. The Kier molecular flexibility index (Phi) is 7.17. The lowest BCUT2D eigenvalue weighted by atomic mass is 9.80. The molecule has 6 nitrogen and oxygen atoms in total. The van der Waals surface area contributed by atoms with Crippen LogP contribution in [0.4, 0.5) is 0 Å². The van der Waals surface area contributed by atoms with E-state index in [0.717, 1.165) is 17.9 Å². The van der Waals surface area contributed by atoms with Gasteiger partial charge in [-0.2, -0.15) is 0 Å².